The summed E-state index contributed by atoms with van der Waals surface area (Å²) in [7, 11) is 0. The van der Waals surface area contributed by atoms with Crippen LogP contribution in [0.2, 0.25) is 0 Å². The summed E-state index contributed by atoms with van der Waals surface area (Å²) in [5.41, 5.74) is 2.33. The minimum Gasteiger partial charge on any atom is -0.352 e. The number of non-ortho nitro benzene ring substituents is 1. The molecule has 0 spiro atoms. The van der Waals surface area contributed by atoms with Crippen LogP contribution in [-0.2, 0) is 16.0 Å². The number of carbonyl (C=O) groups is 2. The van der Waals surface area contributed by atoms with Crippen molar-refractivity contribution in [2.75, 3.05) is 0 Å². The number of hydrogen-bond donors (Lipinski definition) is 2. The summed E-state index contributed by atoms with van der Waals surface area (Å²) in [6.07, 6.45) is 0.961. The quantitative estimate of drug-likeness (QED) is 0.347. The Labute approximate surface area is 199 Å². The molecule has 3 aromatic carbocycles. The van der Waals surface area contributed by atoms with E-state index in [9.17, 15) is 19.7 Å². The van der Waals surface area contributed by atoms with E-state index in [4.69, 9.17) is 0 Å². The van der Waals surface area contributed by atoms with E-state index < -0.39 is 16.9 Å². The molecule has 0 saturated carbocycles. The molecule has 34 heavy (non-hydrogen) atoms. The molecule has 3 rings (SSSR count). The predicted molar refractivity (Wildman–Crippen MR) is 131 cm³/mol. The molecule has 7 heteroatoms. The van der Waals surface area contributed by atoms with Crippen molar-refractivity contribution in [2.45, 2.75) is 44.7 Å². The van der Waals surface area contributed by atoms with Crippen molar-refractivity contribution in [3.05, 3.63) is 112 Å². The fraction of sp³-hybridized carbons (Fsp3) is 0.259. The third kappa shape index (κ3) is 6.51. The van der Waals surface area contributed by atoms with Crippen LogP contribution >= 0.6 is 0 Å². The first-order valence-electron chi connectivity index (χ1n) is 11.3. The van der Waals surface area contributed by atoms with E-state index in [-0.39, 0.29) is 30.0 Å². The van der Waals surface area contributed by atoms with Gasteiger partial charge in [-0.05, 0) is 30.0 Å². The van der Waals surface area contributed by atoms with Gasteiger partial charge in [-0.3, -0.25) is 19.7 Å². The summed E-state index contributed by atoms with van der Waals surface area (Å²) in [4.78, 5) is 37.2. The average Bonchev–Trinajstić information content (AvgIpc) is 2.85. The summed E-state index contributed by atoms with van der Waals surface area (Å²) in [6.45, 7) is 3.87. The molecule has 176 valence electrons. The number of nitrogens with zero attached hydrogens (tertiary/aromatic N) is 1. The third-order valence-electron chi connectivity index (χ3n) is 5.75. The van der Waals surface area contributed by atoms with Gasteiger partial charge in [0.1, 0.15) is 6.04 Å². The molecule has 2 atom stereocenters. The summed E-state index contributed by atoms with van der Waals surface area (Å²) in [6, 6.07) is 24.0. The molecule has 0 aliphatic heterocycles. The Morgan fingerprint density at radius 3 is 1.82 bits per heavy atom. The molecule has 0 fully saturated rings. The van der Waals surface area contributed by atoms with Gasteiger partial charge in [0, 0.05) is 24.6 Å². The Balaban J connectivity index is 1.88. The van der Waals surface area contributed by atoms with Crippen molar-refractivity contribution < 1.29 is 14.5 Å². The molecule has 0 aliphatic rings. The molecule has 2 N–H and O–H groups in total. The van der Waals surface area contributed by atoms with Crippen molar-refractivity contribution in [1.82, 2.24) is 10.6 Å². The second-order valence-electron chi connectivity index (χ2n) is 8.26. The summed E-state index contributed by atoms with van der Waals surface area (Å²) in [5, 5.41) is 16.9. The topological polar surface area (TPSA) is 101 Å². The Hall–Kier alpha value is -4.00. The van der Waals surface area contributed by atoms with E-state index in [1.807, 2.05) is 74.5 Å². The van der Waals surface area contributed by atoms with Gasteiger partial charge in [-0.1, -0.05) is 79.7 Å². The van der Waals surface area contributed by atoms with Gasteiger partial charge in [-0.25, -0.2) is 0 Å². The van der Waals surface area contributed by atoms with Gasteiger partial charge in [-0.2, -0.15) is 0 Å². The van der Waals surface area contributed by atoms with Gasteiger partial charge in [0.2, 0.25) is 11.8 Å². The summed E-state index contributed by atoms with van der Waals surface area (Å²) >= 11 is 0. The minimum atomic E-state index is -0.835. The lowest BCUT2D eigenvalue weighted by molar-refractivity contribution is -0.384. The number of hydrogen-bond acceptors (Lipinski definition) is 4. The molecule has 2 amide bonds. The van der Waals surface area contributed by atoms with E-state index in [0.717, 1.165) is 17.5 Å². The van der Waals surface area contributed by atoms with Crippen LogP contribution in [0, 0.1) is 10.1 Å². The second kappa shape index (κ2) is 11.7. The maximum atomic E-state index is 13.6. The van der Waals surface area contributed by atoms with Crippen LogP contribution in [0.25, 0.3) is 0 Å². The van der Waals surface area contributed by atoms with Crippen LogP contribution in [0.15, 0.2) is 84.9 Å². The van der Waals surface area contributed by atoms with Gasteiger partial charge in [0.05, 0.1) is 10.8 Å². The number of benzene rings is 3. The number of rotatable bonds is 10. The van der Waals surface area contributed by atoms with E-state index in [0.29, 0.717) is 5.56 Å². The van der Waals surface area contributed by atoms with Crippen LogP contribution in [-0.4, -0.2) is 28.8 Å². The van der Waals surface area contributed by atoms with Gasteiger partial charge >= 0.3 is 0 Å². The highest BCUT2D eigenvalue weighted by atomic mass is 16.6. The van der Waals surface area contributed by atoms with Crippen LogP contribution in [0.3, 0.4) is 0 Å². The highest BCUT2D eigenvalue weighted by Crippen LogP contribution is 2.25. The van der Waals surface area contributed by atoms with Crippen LogP contribution in [0.1, 0.15) is 42.9 Å². The van der Waals surface area contributed by atoms with Crippen molar-refractivity contribution in [3.63, 3.8) is 0 Å². The molecular formula is C27H29N3O4. The lowest BCUT2D eigenvalue weighted by Crippen LogP contribution is -2.51. The monoisotopic (exact) mass is 459 g/mol. The minimum absolute atomic E-state index is 0.0263. The lowest BCUT2D eigenvalue weighted by atomic mass is 9.90. The number of nitro groups is 1. The van der Waals surface area contributed by atoms with Crippen molar-refractivity contribution in [3.8, 4) is 0 Å². The van der Waals surface area contributed by atoms with Crippen molar-refractivity contribution in [1.29, 1.82) is 0 Å². The second-order valence-corrected chi connectivity index (χ2v) is 8.26. The zero-order valence-corrected chi connectivity index (χ0v) is 19.3. The third-order valence-corrected chi connectivity index (χ3v) is 5.75. The fourth-order valence-corrected chi connectivity index (χ4v) is 3.69. The highest BCUT2D eigenvalue weighted by Gasteiger charge is 2.28. The van der Waals surface area contributed by atoms with Gasteiger partial charge in [0.15, 0.2) is 0 Å². The number of amides is 2. The molecule has 0 saturated heterocycles. The van der Waals surface area contributed by atoms with Crippen molar-refractivity contribution >= 4 is 17.5 Å². The highest BCUT2D eigenvalue weighted by molar-refractivity contribution is 5.92. The Morgan fingerprint density at radius 2 is 1.35 bits per heavy atom. The first-order valence-corrected chi connectivity index (χ1v) is 11.3. The van der Waals surface area contributed by atoms with Gasteiger partial charge in [-0.15, -0.1) is 0 Å². The molecular weight excluding hydrogens is 430 g/mol. The summed E-state index contributed by atoms with van der Waals surface area (Å²) in [5.74, 6) is -1.16. The summed E-state index contributed by atoms with van der Waals surface area (Å²) < 4.78 is 0. The number of carbonyl (C=O) groups excluding carboxylic acids is 2. The lowest BCUT2D eigenvalue weighted by Gasteiger charge is -2.24. The molecule has 0 bridgehead atoms. The Morgan fingerprint density at radius 1 is 0.824 bits per heavy atom. The average molecular weight is 460 g/mol. The molecule has 3 aromatic rings. The van der Waals surface area contributed by atoms with Crippen LogP contribution < -0.4 is 10.6 Å². The fourth-order valence-electron chi connectivity index (χ4n) is 3.69. The first-order chi connectivity index (χ1) is 16.4. The van der Waals surface area contributed by atoms with Crippen LogP contribution in [0.4, 0.5) is 5.69 Å². The predicted octanol–water partition coefficient (Wildman–Crippen LogP) is 4.37. The van der Waals surface area contributed by atoms with E-state index in [2.05, 4.69) is 10.6 Å². The zero-order chi connectivity index (χ0) is 24.5. The normalized spacial score (nSPS) is 12.6. The SMILES string of the molecule is CC[C@@H](C)NC(=O)[C@H](Cc1ccc([N+](=O)[O-])cc1)NC(=O)C(c1ccccc1)c1ccccc1. The van der Waals surface area contributed by atoms with Gasteiger partial charge in [0.25, 0.3) is 5.69 Å². The molecule has 0 aromatic heterocycles. The standard InChI is InChI=1S/C27H29N3O4/c1-3-19(2)28-26(31)24(18-20-14-16-23(17-15-20)30(33)34)29-27(32)25(21-10-6-4-7-11-21)22-12-8-5-9-13-22/h4-17,19,24-25H,3,18H2,1-2H3,(H,28,31)(H,29,32)/t19-,24+/m1/s1. The maximum absolute atomic E-state index is 13.6. The Kier molecular flexibility index (Phi) is 8.51. The van der Waals surface area contributed by atoms with Crippen LogP contribution in [0.5, 0.6) is 0 Å². The molecule has 0 unspecified atom stereocenters. The van der Waals surface area contributed by atoms with Gasteiger partial charge < -0.3 is 10.6 Å². The molecule has 0 aliphatic carbocycles. The number of nitrogens with one attached hydrogen (secondary N) is 2. The van der Waals surface area contributed by atoms with E-state index >= 15 is 0 Å². The van der Waals surface area contributed by atoms with E-state index in [1.165, 1.54) is 12.1 Å². The van der Waals surface area contributed by atoms with Crippen molar-refractivity contribution in [2.24, 2.45) is 0 Å². The smallest absolute Gasteiger partial charge is 0.269 e. The maximum Gasteiger partial charge on any atom is 0.269 e. The molecule has 7 nitrogen and oxygen atoms in total. The largest absolute Gasteiger partial charge is 0.352 e. The zero-order valence-electron chi connectivity index (χ0n) is 19.3. The van der Waals surface area contributed by atoms with E-state index in [1.54, 1.807) is 12.1 Å². The Bertz CT molecular complexity index is 1060. The number of nitro benzene ring substituents is 1. The first kappa shape index (κ1) is 24.6. The molecule has 0 heterocycles. The molecule has 0 radical (unpaired) electrons.